The molecule has 0 fully saturated rings. The third-order valence-electron chi connectivity index (χ3n) is 2.78. The highest BCUT2D eigenvalue weighted by Crippen LogP contribution is 2.28. The van der Waals surface area contributed by atoms with Crippen LogP contribution >= 0.6 is 23.2 Å². The van der Waals surface area contributed by atoms with Crippen LogP contribution in [0.3, 0.4) is 0 Å². The zero-order valence-corrected chi connectivity index (χ0v) is 11.3. The van der Waals surface area contributed by atoms with E-state index in [1.807, 2.05) is 0 Å². The second-order valence-corrected chi connectivity index (χ2v) is 5.47. The molecule has 0 unspecified atom stereocenters. The first kappa shape index (κ1) is 12.9. The second-order valence-electron chi connectivity index (χ2n) is 4.94. The molecule has 0 aliphatic rings. The number of rotatable bonds is 2. The molecule has 0 saturated carbocycles. The maximum absolute atomic E-state index is 5.94. The van der Waals surface area contributed by atoms with Gasteiger partial charge in [-0.05, 0) is 34.6 Å². The van der Waals surface area contributed by atoms with Crippen molar-refractivity contribution >= 4 is 23.2 Å². The predicted molar refractivity (Wildman–Crippen MR) is 69.0 cm³/mol. The summed E-state index contributed by atoms with van der Waals surface area (Å²) in [5.74, 6) is 1.11. The molecule has 0 bridgehead atoms. The molecule has 0 heterocycles. The summed E-state index contributed by atoms with van der Waals surface area (Å²) in [6.07, 6.45) is 0. The molecule has 0 nitrogen and oxygen atoms in total. The Bertz CT molecular complexity index is 323. The molecule has 0 atom stereocenters. The van der Waals surface area contributed by atoms with Crippen LogP contribution in [0.2, 0.25) is 0 Å². The Balaban J connectivity index is 3.33. The SMILES string of the molecule is Cc1c(CCl)cc(C(C)(C)C)cc1CCl. The summed E-state index contributed by atoms with van der Waals surface area (Å²) in [6, 6.07) is 4.39. The minimum absolute atomic E-state index is 0.148. The minimum Gasteiger partial charge on any atom is -0.122 e. The van der Waals surface area contributed by atoms with Crippen molar-refractivity contribution in [3.05, 3.63) is 34.4 Å². The summed E-state index contributed by atoms with van der Waals surface area (Å²) in [6.45, 7) is 8.69. The van der Waals surface area contributed by atoms with Gasteiger partial charge < -0.3 is 0 Å². The number of halogens is 2. The molecule has 0 radical (unpaired) electrons. The number of hydrogen-bond acceptors (Lipinski definition) is 0. The monoisotopic (exact) mass is 244 g/mol. The summed E-state index contributed by atoms with van der Waals surface area (Å²) >= 11 is 11.9. The molecular formula is C13H18Cl2. The van der Waals surface area contributed by atoms with Gasteiger partial charge in [0.25, 0.3) is 0 Å². The van der Waals surface area contributed by atoms with Gasteiger partial charge in [0.2, 0.25) is 0 Å². The lowest BCUT2D eigenvalue weighted by Crippen LogP contribution is -2.12. The van der Waals surface area contributed by atoms with Crippen molar-refractivity contribution in [3.8, 4) is 0 Å². The van der Waals surface area contributed by atoms with E-state index in [-0.39, 0.29) is 5.41 Å². The first-order valence-electron chi connectivity index (χ1n) is 5.15. The molecule has 1 aromatic carbocycles. The molecule has 15 heavy (non-hydrogen) atoms. The molecule has 0 spiro atoms. The van der Waals surface area contributed by atoms with E-state index in [0.717, 1.165) is 0 Å². The van der Waals surface area contributed by atoms with Gasteiger partial charge in [0.05, 0.1) is 0 Å². The van der Waals surface area contributed by atoms with E-state index in [1.54, 1.807) is 0 Å². The highest BCUT2D eigenvalue weighted by Gasteiger charge is 2.16. The van der Waals surface area contributed by atoms with Gasteiger partial charge in [0.15, 0.2) is 0 Å². The minimum atomic E-state index is 0.148. The zero-order valence-electron chi connectivity index (χ0n) is 9.82. The topological polar surface area (TPSA) is 0 Å². The van der Waals surface area contributed by atoms with Crippen LogP contribution in [0.25, 0.3) is 0 Å². The Labute approximate surface area is 103 Å². The molecule has 0 aliphatic carbocycles. The van der Waals surface area contributed by atoms with E-state index in [4.69, 9.17) is 23.2 Å². The summed E-state index contributed by atoms with van der Waals surface area (Å²) in [7, 11) is 0. The maximum Gasteiger partial charge on any atom is 0.0476 e. The van der Waals surface area contributed by atoms with Gasteiger partial charge in [0.1, 0.15) is 0 Å². The van der Waals surface area contributed by atoms with Crippen LogP contribution in [0.15, 0.2) is 12.1 Å². The van der Waals surface area contributed by atoms with E-state index in [0.29, 0.717) is 11.8 Å². The third kappa shape index (κ3) is 2.89. The van der Waals surface area contributed by atoms with Gasteiger partial charge in [-0.2, -0.15) is 0 Å². The molecule has 0 aliphatic heterocycles. The van der Waals surface area contributed by atoms with Crippen LogP contribution in [0.5, 0.6) is 0 Å². The lowest BCUT2D eigenvalue weighted by molar-refractivity contribution is 0.588. The average Bonchev–Trinajstić information content (AvgIpc) is 2.16. The second kappa shape index (κ2) is 4.76. The Morgan fingerprint density at radius 3 is 1.67 bits per heavy atom. The maximum atomic E-state index is 5.94. The van der Waals surface area contributed by atoms with E-state index in [1.165, 1.54) is 22.3 Å². The van der Waals surface area contributed by atoms with Crippen molar-refractivity contribution < 1.29 is 0 Å². The first-order valence-corrected chi connectivity index (χ1v) is 6.22. The quantitative estimate of drug-likeness (QED) is 0.658. The van der Waals surface area contributed by atoms with Crippen LogP contribution in [-0.4, -0.2) is 0 Å². The Morgan fingerprint density at radius 2 is 1.40 bits per heavy atom. The molecule has 0 saturated heterocycles. The van der Waals surface area contributed by atoms with Crippen molar-refractivity contribution in [2.45, 2.75) is 44.9 Å². The van der Waals surface area contributed by atoms with Crippen LogP contribution < -0.4 is 0 Å². The fourth-order valence-electron chi connectivity index (χ4n) is 1.55. The molecular weight excluding hydrogens is 227 g/mol. The van der Waals surface area contributed by atoms with Gasteiger partial charge in [0, 0.05) is 11.8 Å². The van der Waals surface area contributed by atoms with E-state index in [9.17, 15) is 0 Å². The van der Waals surface area contributed by atoms with Crippen LogP contribution in [0.1, 0.15) is 43.0 Å². The molecule has 2 heteroatoms. The zero-order chi connectivity index (χ0) is 11.6. The van der Waals surface area contributed by atoms with Gasteiger partial charge in [-0.3, -0.25) is 0 Å². The largest absolute Gasteiger partial charge is 0.122 e. The van der Waals surface area contributed by atoms with E-state index < -0.39 is 0 Å². The smallest absolute Gasteiger partial charge is 0.0476 e. The summed E-state index contributed by atoms with van der Waals surface area (Å²) in [4.78, 5) is 0. The van der Waals surface area contributed by atoms with Crippen molar-refractivity contribution in [1.82, 2.24) is 0 Å². The first-order chi connectivity index (χ1) is 6.90. The van der Waals surface area contributed by atoms with Gasteiger partial charge in [-0.25, -0.2) is 0 Å². The highest BCUT2D eigenvalue weighted by atomic mass is 35.5. The van der Waals surface area contributed by atoms with Crippen molar-refractivity contribution in [2.24, 2.45) is 0 Å². The van der Waals surface area contributed by atoms with Gasteiger partial charge >= 0.3 is 0 Å². The van der Waals surface area contributed by atoms with Crippen LogP contribution in [-0.2, 0) is 17.2 Å². The fraction of sp³-hybridized carbons (Fsp3) is 0.538. The van der Waals surface area contributed by atoms with Crippen LogP contribution in [0.4, 0.5) is 0 Å². The Morgan fingerprint density at radius 1 is 1.00 bits per heavy atom. The van der Waals surface area contributed by atoms with Crippen molar-refractivity contribution in [1.29, 1.82) is 0 Å². The summed E-state index contributed by atoms with van der Waals surface area (Å²) < 4.78 is 0. The third-order valence-corrected chi connectivity index (χ3v) is 3.35. The van der Waals surface area contributed by atoms with E-state index in [2.05, 4.69) is 39.8 Å². The average molecular weight is 245 g/mol. The molecule has 1 rings (SSSR count). The molecule has 1 aromatic rings. The molecule has 0 N–H and O–H groups in total. The van der Waals surface area contributed by atoms with Gasteiger partial charge in [-0.1, -0.05) is 32.9 Å². The molecule has 0 aromatic heterocycles. The van der Waals surface area contributed by atoms with E-state index >= 15 is 0 Å². The molecule has 84 valence electrons. The van der Waals surface area contributed by atoms with Gasteiger partial charge in [-0.15, -0.1) is 23.2 Å². The normalized spacial score (nSPS) is 11.9. The standard InChI is InChI=1S/C13H18Cl2/c1-9-10(7-14)5-12(13(2,3)4)6-11(9)8-15/h5-6H,7-8H2,1-4H3. The predicted octanol–water partition coefficient (Wildman–Crippen LogP) is 4.77. The number of benzene rings is 1. The summed E-state index contributed by atoms with van der Waals surface area (Å²) in [5, 5.41) is 0. The van der Waals surface area contributed by atoms with Crippen molar-refractivity contribution in [3.63, 3.8) is 0 Å². The fourth-order valence-corrected chi connectivity index (χ4v) is 2.11. The Kier molecular flexibility index (Phi) is 4.08. The highest BCUT2D eigenvalue weighted by molar-refractivity contribution is 6.18. The van der Waals surface area contributed by atoms with Crippen molar-refractivity contribution in [2.75, 3.05) is 0 Å². The molecule has 0 amide bonds. The number of hydrogen-bond donors (Lipinski definition) is 0. The lowest BCUT2D eigenvalue weighted by atomic mass is 9.84. The lowest BCUT2D eigenvalue weighted by Gasteiger charge is -2.22. The Hall–Kier alpha value is -0.200. The van der Waals surface area contributed by atoms with Crippen LogP contribution in [0, 0.1) is 6.92 Å². The number of alkyl halides is 2. The summed E-state index contributed by atoms with van der Waals surface area (Å²) in [5.41, 5.74) is 5.07.